The van der Waals surface area contributed by atoms with Crippen LogP contribution < -0.4 is 0 Å². The van der Waals surface area contributed by atoms with Crippen LogP contribution in [0.2, 0.25) is 0 Å². The standard InChI is InChI=1S/C27H49NO3S/c1-7-8-9-15-26(5,29)17-11-18-27(6,30)16-10-12-20(2)13-14-23-19-24(28-31)21(3)22(4)25(23)32/h19-21,24,29-30,32H,7-18H2,1-6H3. The lowest BCUT2D eigenvalue weighted by Crippen LogP contribution is -2.28. The van der Waals surface area contributed by atoms with Crippen LogP contribution in [0.25, 0.3) is 0 Å². The summed E-state index contributed by atoms with van der Waals surface area (Å²) in [6.45, 7) is 12.4. The van der Waals surface area contributed by atoms with E-state index in [1.165, 1.54) is 12.8 Å². The van der Waals surface area contributed by atoms with Crippen LogP contribution in [0.3, 0.4) is 0 Å². The van der Waals surface area contributed by atoms with Gasteiger partial charge in [0.25, 0.3) is 0 Å². The highest BCUT2D eigenvalue weighted by Crippen LogP contribution is 2.36. The Morgan fingerprint density at radius 2 is 1.59 bits per heavy atom. The molecular formula is C27H49NO3S. The van der Waals surface area contributed by atoms with Crippen LogP contribution in [0.5, 0.6) is 0 Å². The fourth-order valence-corrected chi connectivity index (χ4v) is 5.10. The highest BCUT2D eigenvalue weighted by molar-refractivity contribution is 7.84. The van der Waals surface area contributed by atoms with Crippen molar-refractivity contribution in [1.29, 1.82) is 0 Å². The molecule has 2 N–H and O–H groups in total. The molecule has 0 aromatic carbocycles. The van der Waals surface area contributed by atoms with E-state index in [1.54, 1.807) is 0 Å². The zero-order valence-electron chi connectivity index (χ0n) is 21.5. The molecule has 1 aliphatic carbocycles. The van der Waals surface area contributed by atoms with Gasteiger partial charge in [-0.1, -0.05) is 69.7 Å². The van der Waals surface area contributed by atoms with Crippen LogP contribution in [0.1, 0.15) is 119 Å². The third-order valence-corrected chi connectivity index (χ3v) is 8.07. The Balaban J connectivity index is 2.34. The van der Waals surface area contributed by atoms with E-state index in [1.807, 2.05) is 33.8 Å². The van der Waals surface area contributed by atoms with Gasteiger partial charge in [0.2, 0.25) is 0 Å². The van der Waals surface area contributed by atoms with Gasteiger partial charge in [-0.05, 0) is 77.2 Å². The Labute approximate surface area is 202 Å². The minimum Gasteiger partial charge on any atom is -0.390 e. The van der Waals surface area contributed by atoms with Crippen LogP contribution in [0.4, 0.5) is 0 Å². The summed E-state index contributed by atoms with van der Waals surface area (Å²) in [6, 6.07) is -0.279. The van der Waals surface area contributed by atoms with Crippen molar-refractivity contribution in [1.82, 2.24) is 0 Å². The molecule has 1 aliphatic rings. The summed E-state index contributed by atoms with van der Waals surface area (Å²) in [5.74, 6) is 0.679. The third-order valence-electron chi connectivity index (χ3n) is 7.44. The van der Waals surface area contributed by atoms with Crippen molar-refractivity contribution in [3.8, 4) is 0 Å². The number of nitrogens with zero attached hydrogens (tertiary/aromatic N) is 1. The van der Waals surface area contributed by atoms with Gasteiger partial charge < -0.3 is 10.2 Å². The van der Waals surface area contributed by atoms with Gasteiger partial charge in [0, 0.05) is 10.8 Å². The molecular weight excluding hydrogens is 418 g/mol. The number of nitroso groups, excluding NO2 is 1. The van der Waals surface area contributed by atoms with Crippen LogP contribution in [-0.2, 0) is 0 Å². The number of aliphatic hydroxyl groups is 2. The van der Waals surface area contributed by atoms with Crippen molar-refractivity contribution in [3.63, 3.8) is 0 Å². The largest absolute Gasteiger partial charge is 0.390 e. The number of allylic oxidation sites excluding steroid dienone is 1. The quantitative estimate of drug-likeness (QED) is 0.123. The topological polar surface area (TPSA) is 69.9 Å². The van der Waals surface area contributed by atoms with E-state index >= 15 is 0 Å². The molecule has 0 radical (unpaired) electrons. The minimum absolute atomic E-state index is 0.128. The summed E-state index contributed by atoms with van der Waals surface area (Å²) in [4.78, 5) is 12.2. The average molecular weight is 468 g/mol. The van der Waals surface area contributed by atoms with Gasteiger partial charge >= 0.3 is 0 Å². The molecule has 32 heavy (non-hydrogen) atoms. The van der Waals surface area contributed by atoms with Gasteiger partial charge in [-0.25, -0.2) is 0 Å². The summed E-state index contributed by atoms with van der Waals surface area (Å²) in [5, 5.41) is 24.6. The van der Waals surface area contributed by atoms with Crippen molar-refractivity contribution in [2.24, 2.45) is 17.0 Å². The first-order valence-corrected chi connectivity index (χ1v) is 13.2. The smallest absolute Gasteiger partial charge is 0.117 e. The summed E-state index contributed by atoms with van der Waals surface area (Å²) in [5.41, 5.74) is 1.03. The number of rotatable bonds is 16. The Morgan fingerprint density at radius 1 is 1.03 bits per heavy atom. The molecule has 0 aromatic heterocycles. The SMILES string of the molecule is CCCCCC(C)(O)CCCC(C)(O)CCCC(C)CCC1=CC(N=O)C(C)C(C)=C1S. The van der Waals surface area contributed by atoms with E-state index in [0.29, 0.717) is 5.92 Å². The number of thiol groups is 1. The monoisotopic (exact) mass is 467 g/mol. The molecule has 0 saturated carbocycles. The maximum Gasteiger partial charge on any atom is 0.117 e. The van der Waals surface area contributed by atoms with Gasteiger partial charge in [0.15, 0.2) is 0 Å². The van der Waals surface area contributed by atoms with Crippen LogP contribution in [0.15, 0.2) is 27.3 Å². The zero-order valence-corrected chi connectivity index (χ0v) is 22.4. The van der Waals surface area contributed by atoms with Crippen molar-refractivity contribution in [3.05, 3.63) is 27.0 Å². The molecule has 0 spiro atoms. The van der Waals surface area contributed by atoms with Crippen molar-refractivity contribution in [2.75, 3.05) is 0 Å². The summed E-state index contributed by atoms with van der Waals surface area (Å²) >= 11 is 4.69. The van der Waals surface area contributed by atoms with Crippen LogP contribution in [0, 0.1) is 16.7 Å². The summed E-state index contributed by atoms with van der Waals surface area (Å²) < 4.78 is 0. The third kappa shape index (κ3) is 10.5. The van der Waals surface area contributed by atoms with E-state index in [9.17, 15) is 15.1 Å². The molecule has 0 aliphatic heterocycles. The molecule has 5 atom stereocenters. The maximum absolute atomic E-state index is 11.2. The average Bonchev–Trinajstić information content (AvgIpc) is 2.71. The first-order chi connectivity index (χ1) is 14.9. The van der Waals surface area contributed by atoms with Gasteiger partial charge in [-0.3, -0.25) is 0 Å². The number of hydrogen-bond donors (Lipinski definition) is 3. The predicted molar refractivity (Wildman–Crippen MR) is 140 cm³/mol. The molecule has 0 heterocycles. The van der Waals surface area contributed by atoms with E-state index in [0.717, 1.165) is 80.3 Å². The highest BCUT2D eigenvalue weighted by Gasteiger charge is 2.26. The second-order valence-electron chi connectivity index (χ2n) is 10.9. The zero-order chi connectivity index (χ0) is 24.4. The lowest BCUT2D eigenvalue weighted by molar-refractivity contribution is 0.0107. The van der Waals surface area contributed by atoms with Crippen LogP contribution >= 0.6 is 12.6 Å². The van der Waals surface area contributed by atoms with Crippen molar-refractivity contribution < 1.29 is 10.2 Å². The Hall–Kier alpha value is -0.650. The molecule has 186 valence electrons. The normalized spacial score (nSPS) is 24.0. The molecule has 0 amide bonds. The highest BCUT2D eigenvalue weighted by atomic mass is 32.1. The van der Waals surface area contributed by atoms with Gasteiger partial charge in [-0.15, -0.1) is 12.6 Å². The lowest BCUT2D eigenvalue weighted by atomic mass is 9.84. The van der Waals surface area contributed by atoms with Gasteiger partial charge in [-0.2, -0.15) is 4.91 Å². The van der Waals surface area contributed by atoms with Crippen LogP contribution in [-0.4, -0.2) is 27.5 Å². The Kier molecular flexibility index (Phi) is 12.8. The molecule has 0 bridgehead atoms. The van der Waals surface area contributed by atoms with Crippen molar-refractivity contribution in [2.45, 2.75) is 136 Å². The second-order valence-corrected chi connectivity index (χ2v) is 11.4. The van der Waals surface area contributed by atoms with E-state index in [4.69, 9.17) is 12.6 Å². The number of hydrogen-bond acceptors (Lipinski definition) is 5. The van der Waals surface area contributed by atoms with Gasteiger partial charge in [0.1, 0.15) is 6.04 Å². The summed E-state index contributed by atoms with van der Waals surface area (Å²) in [6.07, 6.45) is 13.5. The Bertz CT molecular complexity index is 639. The summed E-state index contributed by atoms with van der Waals surface area (Å²) in [7, 11) is 0. The first-order valence-electron chi connectivity index (χ1n) is 12.8. The minimum atomic E-state index is -0.664. The fourth-order valence-electron chi connectivity index (χ4n) is 4.71. The second kappa shape index (κ2) is 13.9. The molecule has 4 nitrogen and oxygen atoms in total. The van der Waals surface area contributed by atoms with Gasteiger partial charge in [0.05, 0.1) is 11.2 Å². The lowest BCUT2D eigenvalue weighted by Gasteiger charge is -2.28. The molecule has 0 saturated heterocycles. The molecule has 1 rings (SSSR count). The first kappa shape index (κ1) is 29.4. The molecule has 0 fully saturated rings. The predicted octanol–water partition coefficient (Wildman–Crippen LogP) is 7.74. The molecule has 5 unspecified atom stereocenters. The molecule has 5 heteroatoms. The van der Waals surface area contributed by atoms with E-state index in [-0.39, 0.29) is 12.0 Å². The van der Waals surface area contributed by atoms with E-state index in [2.05, 4.69) is 19.0 Å². The van der Waals surface area contributed by atoms with Crippen molar-refractivity contribution >= 4 is 12.6 Å². The van der Waals surface area contributed by atoms with E-state index < -0.39 is 11.2 Å². The molecule has 0 aromatic rings. The maximum atomic E-state index is 11.2. The number of unbranched alkanes of at least 4 members (excludes halogenated alkanes) is 2. The Morgan fingerprint density at radius 3 is 2.16 bits per heavy atom. The fraction of sp³-hybridized carbons (Fsp3) is 0.852.